The maximum atomic E-state index is 12.7. The molecule has 2 aliphatic rings. The van der Waals surface area contributed by atoms with Crippen LogP contribution in [0.25, 0.3) is 6.08 Å². The van der Waals surface area contributed by atoms with Gasteiger partial charge in [0.15, 0.2) is 11.5 Å². The minimum Gasteiger partial charge on any atom is -0.454 e. The highest BCUT2D eigenvalue weighted by Crippen LogP contribution is 2.36. The fourth-order valence-electron chi connectivity index (χ4n) is 2.83. The van der Waals surface area contributed by atoms with E-state index in [4.69, 9.17) is 21.7 Å². The van der Waals surface area contributed by atoms with E-state index in [1.54, 1.807) is 30.3 Å². The number of halogens is 1. The van der Waals surface area contributed by atoms with Crippen molar-refractivity contribution in [3.05, 3.63) is 63.0 Å². The molecule has 6 nitrogen and oxygen atoms in total. The Labute approximate surface area is 185 Å². The third-order valence-corrected chi connectivity index (χ3v) is 6.20. The van der Waals surface area contributed by atoms with Crippen molar-refractivity contribution in [2.45, 2.75) is 0 Å². The third kappa shape index (κ3) is 4.47. The van der Waals surface area contributed by atoms with E-state index in [2.05, 4.69) is 21.2 Å². The molecule has 0 saturated carbocycles. The fraction of sp³-hybridized carbons (Fsp3) is 0.150. The Morgan fingerprint density at radius 1 is 1.21 bits per heavy atom. The number of benzene rings is 2. The van der Waals surface area contributed by atoms with Crippen LogP contribution in [0, 0.1) is 0 Å². The Balaban J connectivity index is 1.37. The van der Waals surface area contributed by atoms with Crippen LogP contribution < -0.4 is 14.8 Å². The molecule has 1 fully saturated rings. The van der Waals surface area contributed by atoms with Gasteiger partial charge in [-0.25, -0.2) is 0 Å². The van der Waals surface area contributed by atoms with Crippen molar-refractivity contribution < 1.29 is 19.1 Å². The average molecular weight is 491 g/mol. The van der Waals surface area contributed by atoms with Crippen LogP contribution in [0.2, 0.25) is 0 Å². The molecule has 0 spiro atoms. The molecular weight excluding hydrogens is 476 g/mol. The van der Waals surface area contributed by atoms with E-state index in [9.17, 15) is 9.59 Å². The Kier molecular flexibility index (Phi) is 5.89. The number of nitrogens with one attached hydrogen (secondary N) is 1. The van der Waals surface area contributed by atoms with Crippen LogP contribution in [0.15, 0.2) is 51.8 Å². The summed E-state index contributed by atoms with van der Waals surface area (Å²) in [6.07, 6.45) is 1.78. The molecule has 0 bridgehead atoms. The lowest BCUT2D eigenvalue weighted by Crippen LogP contribution is -2.37. The summed E-state index contributed by atoms with van der Waals surface area (Å²) < 4.78 is 12.0. The number of amides is 2. The van der Waals surface area contributed by atoms with Gasteiger partial charge in [-0.1, -0.05) is 46.0 Å². The molecule has 0 unspecified atom stereocenters. The molecule has 2 aromatic carbocycles. The van der Waals surface area contributed by atoms with Crippen molar-refractivity contribution >= 4 is 62.1 Å². The Hall–Kier alpha value is -2.36. The number of ether oxygens (including phenoxy) is 2. The lowest BCUT2D eigenvalue weighted by Gasteiger charge is -2.14. The van der Waals surface area contributed by atoms with Crippen molar-refractivity contribution in [3.8, 4) is 11.5 Å². The van der Waals surface area contributed by atoms with Gasteiger partial charge in [0.2, 0.25) is 6.79 Å². The standard InChI is InChI=1S/C20H15BrN2O4S2/c21-14-4-2-13(3-5-14)18(24)22-7-8-23-19(25)17(29-20(23)28)10-12-1-6-15-16(9-12)27-11-26-15/h1-6,9-10H,7-8,11H2,(H,22,24). The molecule has 29 heavy (non-hydrogen) atoms. The number of hydrogen-bond donors (Lipinski definition) is 1. The summed E-state index contributed by atoms with van der Waals surface area (Å²) in [6, 6.07) is 12.6. The molecule has 2 heterocycles. The average Bonchev–Trinajstić information content (AvgIpc) is 3.27. The number of carbonyl (C=O) groups excluding carboxylic acids is 2. The maximum Gasteiger partial charge on any atom is 0.266 e. The number of thioether (sulfide) groups is 1. The van der Waals surface area contributed by atoms with Gasteiger partial charge in [-0.15, -0.1) is 0 Å². The molecule has 148 valence electrons. The van der Waals surface area contributed by atoms with Crippen molar-refractivity contribution in [2.75, 3.05) is 19.9 Å². The van der Waals surface area contributed by atoms with E-state index in [1.807, 2.05) is 18.2 Å². The van der Waals surface area contributed by atoms with Gasteiger partial charge in [-0.05, 0) is 48.0 Å². The Morgan fingerprint density at radius 3 is 2.76 bits per heavy atom. The summed E-state index contributed by atoms with van der Waals surface area (Å²) in [4.78, 5) is 26.9. The SMILES string of the molecule is O=C(NCCN1C(=O)C(=Cc2ccc3c(c2)OCO3)SC1=S)c1ccc(Br)cc1. The Bertz CT molecular complexity index is 1020. The molecule has 2 aliphatic heterocycles. The summed E-state index contributed by atoms with van der Waals surface area (Å²) >= 11 is 9.93. The number of thiocarbonyl (C=S) groups is 1. The van der Waals surface area contributed by atoms with Crippen LogP contribution in [0.4, 0.5) is 0 Å². The van der Waals surface area contributed by atoms with Crippen LogP contribution in [0.1, 0.15) is 15.9 Å². The lowest BCUT2D eigenvalue weighted by molar-refractivity contribution is -0.122. The van der Waals surface area contributed by atoms with Crippen LogP contribution in [0.3, 0.4) is 0 Å². The zero-order valence-electron chi connectivity index (χ0n) is 15.0. The minimum atomic E-state index is -0.196. The third-order valence-electron chi connectivity index (χ3n) is 4.30. The van der Waals surface area contributed by atoms with Gasteiger partial charge in [-0.2, -0.15) is 0 Å². The summed E-state index contributed by atoms with van der Waals surface area (Å²) in [5.41, 5.74) is 1.39. The van der Waals surface area contributed by atoms with Crippen molar-refractivity contribution in [1.29, 1.82) is 0 Å². The topological polar surface area (TPSA) is 67.9 Å². The summed E-state index contributed by atoms with van der Waals surface area (Å²) in [5, 5.41) is 2.81. The lowest BCUT2D eigenvalue weighted by atomic mass is 10.2. The largest absolute Gasteiger partial charge is 0.454 e. The monoisotopic (exact) mass is 490 g/mol. The quantitative estimate of drug-likeness (QED) is 0.507. The van der Waals surface area contributed by atoms with E-state index < -0.39 is 0 Å². The first kappa shape index (κ1) is 19.9. The second-order valence-electron chi connectivity index (χ2n) is 6.21. The first-order chi connectivity index (χ1) is 14.0. The zero-order chi connectivity index (χ0) is 20.4. The van der Waals surface area contributed by atoms with Gasteiger partial charge in [-0.3, -0.25) is 14.5 Å². The van der Waals surface area contributed by atoms with Crippen molar-refractivity contribution in [1.82, 2.24) is 10.2 Å². The smallest absolute Gasteiger partial charge is 0.266 e. The van der Waals surface area contributed by atoms with Crippen LogP contribution in [-0.2, 0) is 4.79 Å². The number of carbonyl (C=O) groups is 2. The maximum absolute atomic E-state index is 12.7. The molecule has 9 heteroatoms. The van der Waals surface area contributed by atoms with Crippen LogP contribution in [0.5, 0.6) is 11.5 Å². The molecule has 1 saturated heterocycles. The molecule has 4 rings (SSSR count). The molecule has 0 radical (unpaired) electrons. The van der Waals surface area contributed by atoms with Crippen molar-refractivity contribution in [2.24, 2.45) is 0 Å². The number of nitrogens with zero attached hydrogens (tertiary/aromatic N) is 1. The highest BCUT2D eigenvalue weighted by atomic mass is 79.9. The van der Waals surface area contributed by atoms with Gasteiger partial charge < -0.3 is 14.8 Å². The molecule has 0 aromatic heterocycles. The molecular formula is C20H15BrN2O4S2. The summed E-state index contributed by atoms with van der Waals surface area (Å²) in [6.45, 7) is 0.816. The van der Waals surface area contributed by atoms with Gasteiger partial charge >= 0.3 is 0 Å². The van der Waals surface area contributed by atoms with E-state index in [-0.39, 0.29) is 18.6 Å². The molecule has 0 atom stereocenters. The van der Waals surface area contributed by atoms with E-state index in [0.29, 0.717) is 39.4 Å². The zero-order valence-corrected chi connectivity index (χ0v) is 18.2. The predicted molar refractivity (Wildman–Crippen MR) is 119 cm³/mol. The molecule has 2 aromatic rings. The summed E-state index contributed by atoms with van der Waals surface area (Å²) in [7, 11) is 0. The minimum absolute atomic E-state index is 0.171. The van der Waals surface area contributed by atoms with Crippen LogP contribution >= 0.6 is 39.9 Å². The van der Waals surface area contributed by atoms with Gasteiger partial charge in [0.1, 0.15) is 4.32 Å². The molecule has 0 aliphatic carbocycles. The summed E-state index contributed by atoms with van der Waals surface area (Å²) in [5.74, 6) is 0.982. The first-order valence-electron chi connectivity index (χ1n) is 8.70. The second-order valence-corrected chi connectivity index (χ2v) is 8.80. The highest BCUT2D eigenvalue weighted by molar-refractivity contribution is 9.10. The van der Waals surface area contributed by atoms with Crippen molar-refractivity contribution in [3.63, 3.8) is 0 Å². The second kappa shape index (κ2) is 8.56. The number of hydrogen-bond acceptors (Lipinski definition) is 6. The van der Waals surface area contributed by atoms with E-state index >= 15 is 0 Å². The Morgan fingerprint density at radius 2 is 1.97 bits per heavy atom. The highest BCUT2D eigenvalue weighted by Gasteiger charge is 2.31. The number of rotatable bonds is 5. The van der Waals surface area contributed by atoms with Crippen LogP contribution in [-0.4, -0.2) is 40.9 Å². The normalized spacial score (nSPS) is 16.6. The van der Waals surface area contributed by atoms with E-state index in [1.165, 1.54) is 16.7 Å². The van der Waals surface area contributed by atoms with Gasteiger partial charge in [0, 0.05) is 23.1 Å². The molecule has 1 N–H and O–H groups in total. The van der Waals surface area contributed by atoms with E-state index in [0.717, 1.165) is 10.0 Å². The predicted octanol–water partition coefficient (Wildman–Crippen LogP) is 3.81. The first-order valence-corrected chi connectivity index (χ1v) is 10.7. The van der Waals surface area contributed by atoms with Gasteiger partial charge in [0.25, 0.3) is 11.8 Å². The van der Waals surface area contributed by atoms with Gasteiger partial charge in [0.05, 0.1) is 4.91 Å². The number of fused-ring (bicyclic) bond motifs is 1. The fourth-order valence-corrected chi connectivity index (χ4v) is 4.40. The molecule has 2 amide bonds.